The number of carbonyl (C=O) groups excluding carboxylic acids is 1. The molecule has 2 aliphatic heterocycles. The third-order valence-electron chi connectivity index (χ3n) is 4.12. The molecule has 2 aromatic rings. The molecule has 4 heteroatoms. The molecule has 0 aromatic heterocycles. The molecule has 0 aliphatic carbocycles. The van der Waals surface area contributed by atoms with Crippen LogP contribution in [0, 0.1) is 0 Å². The fourth-order valence-corrected chi connectivity index (χ4v) is 3.04. The average molecular weight is 305 g/mol. The molecule has 0 radical (unpaired) electrons. The van der Waals surface area contributed by atoms with Gasteiger partial charge in [0.1, 0.15) is 5.75 Å². The van der Waals surface area contributed by atoms with Crippen molar-refractivity contribution >= 4 is 24.0 Å². The predicted octanol–water partition coefficient (Wildman–Crippen LogP) is 2.38. The second-order valence-electron chi connectivity index (χ2n) is 5.54. The highest BCUT2D eigenvalue weighted by Gasteiger charge is 2.22. The fourth-order valence-electron chi connectivity index (χ4n) is 3.04. The summed E-state index contributed by atoms with van der Waals surface area (Å²) in [6, 6.07) is 9.44. The van der Waals surface area contributed by atoms with E-state index in [1.807, 2.05) is 31.2 Å². The van der Waals surface area contributed by atoms with Crippen LogP contribution in [0.4, 0.5) is 5.69 Å². The molecule has 0 amide bonds. The largest absolute Gasteiger partial charge is 0.465 e. The van der Waals surface area contributed by atoms with E-state index in [4.69, 9.17) is 9.47 Å². The number of methoxy groups -OCH3 is 1. The number of allylic oxidation sites excluding steroid dienone is 2. The number of hydrogen-bond donors (Lipinski definition) is 1. The van der Waals surface area contributed by atoms with Gasteiger partial charge in [-0.2, -0.15) is 0 Å². The number of anilines is 1. The Kier molecular flexibility index (Phi) is 2.98. The van der Waals surface area contributed by atoms with Gasteiger partial charge in [-0.25, -0.2) is 4.79 Å². The molecule has 0 unspecified atom stereocenters. The molecule has 23 heavy (non-hydrogen) atoms. The second-order valence-corrected chi connectivity index (χ2v) is 5.54. The molecule has 0 atom stereocenters. The standard InChI is InChI=1S/C19H15NO3/c1-11-6-7-12-15-10-23-17-5-3-4-14(19(21)22-2)18(17)13(15)8-9-16(12)20-11/h3-10,20H,1-2H3. The Labute approximate surface area is 133 Å². The van der Waals surface area contributed by atoms with Crippen molar-refractivity contribution < 1.29 is 14.3 Å². The van der Waals surface area contributed by atoms with E-state index in [1.54, 1.807) is 18.4 Å². The Hall–Kier alpha value is -3.01. The third-order valence-corrected chi connectivity index (χ3v) is 4.12. The molecular weight excluding hydrogens is 290 g/mol. The molecule has 2 aromatic carbocycles. The highest BCUT2D eigenvalue weighted by atomic mass is 16.5. The van der Waals surface area contributed by atoms with Gasteiger partial charge in [0.15, 0.2) is 0 Å². The highest BCUT2D eigenvalue weighted by molar-refractivity contribution is 6.00. The second kappa shape index (κ2) is 5.02. The molecular formula is C19H15NO3. The van der Waals surface area contributed by atoms with Crippen molar-refractivity contribution in [3.05, 3.63) is 58.1 Å². The van der Waals surface area contributed by atoms with Crippen LogP contribution in [0.2, 0.25) is 0 Å². The monoisotopic (exact) mass is 305 g/mol. The Bertz CT molecular complexity index is 986. The third kappa shape index (κ3) is 2.03. The summed E-state index contributed by atoms with van der Waals surface area (Å²) in [5.74, 6) is 0.296. The summed E-state index contributed by atoms with van der Waals surface area (Å²) >= 11 is 0. The molecule has 0 bridgehead atoms. The number of ether oxygens (including phenoxy) is 2. The molecule has 0 saturated carbocycles. The molecule has 0 saturated heterocycles. The van der Waals surface area contributed by atoms with Crippen LogP contribution in [-0.2, 0) is 4.74 Å². The van der Waals surface area contributed by atoms with E-state index in [1.165, 1.54) is 7.11 Å². The van der Waals surface area contributed by atoms with Gasteiger partial charge in [-0.15, -0.1) is 0 Å². The van der Waals surface area contributed by atoms with Gasteiger partial charge in [-0.3, -0.25) is 0 Å². The SMILES string of the molecule is COC(=O)c1cccc2c1-c1ccc3c(c1=CO2)=CC=C(C)N3. The lowest BCUT2D eigenvalue weighted by atomic mass is 9.94. The van der Waals surface area contributed by atoms with Crippen LogP contribution in [0.5, 0.6) is 5.75 Å². The Morgan fingerprint density at radius 2 is 2.00 bits per heavy atom. The molecule has 114 valence electrons. The first-order chi connectivity index (χ1) is 11.2. The van der Waals surface area contributed by atoms with Crippen LogP contribution in [-0.4, -0.2) is 13.1 Å². The number of carbonyl (C=O) groups is 1. The van der Waals surface area contributed by atoms with E-state index in [-0.39, 0.29) is 5.97 Å². The van der Waals surface area contributed by atoms with Crippen molar-refractivity contribution in [2.24, 2.45) is 0 Å². The van der Waals surface area contributed by atoms with Crippen molar-refractivity contribution in [1.82, 2.24) is 0 Å². The zero-order valence-electron chi connectivity index (χ0n) is 12.8. The lowest BCUT2D eigenvalue weighted by Gasteiger charge is -2.20. The minimum atomic E-state index is -0.367. The summed E-state index contributed by atoms with van der Waals surface area (Å²) in [5, 5.41) is 5.36. The van der Waals surface area contributed by atoms with E-state index in [0.29, 0.717) is 11.3 Å². The molecule has 2 aliphatic rings. The maximum atomic E-state index is 12.1. The molecule has 0 fully saturated rings. The van der Waals surface area contributed by atoms with Crippen LogP contribution in [0.1, 0.15) is 17.3 Å². The fraction of sp³-hybridized carbons (Fsp3) is 0.105. The normalized spacial score (nSPS) is 13.7. The van der Waals surface area contributed by atoms with Crippen LogP contribution in [0.3, 0.4) is 0 Å². The smallest absolute Gasteiger partial charge is 0.338 e. The molecule has 4 rings (SSSR count). The van der Waals surface area contributed by atoms with Crippen LogP contribution in [0.25, 0.3) is 23.5 Å². The van der Waals surface area contributed by atoms with Gasteiger partial charge < -0.3 is 14.8 Å². The van der Waals surface area contributed by atoms with E-state index in [2.05, 4.69) is 11.4 Å². The Morgan fingerprint density at radius 3 is 2.83 bits per heavy atom. The molecule has 1 N–H and O–H groups in total. The van der Waals surface area contributed by atoms with Crippen molar-refractivity contribution in [3.63, 3.8) is 0 Å². The summed E-state index contributed by atoms with van der Waals surface area (Å²) in [6.45, 7) is 2.02. The van der Waals surface area contributed by atoms with Crippen LogP contribution >= 0.6 is 0 Å². The number of rotatable bonds is 1. The average Bonchev–Trinajstić information content (AvgIpc) is 2.59. The Balaban J connectivity index is 2.05. The first-order valence-electron chi connectivity index (χ1n) is 7.36. The van der Waals surface area contributed by atoms with Gasteiger partial charge in [-0.05, 0) is 36.8 Å². The van der Waals surface area contributed by atoms with E-state index >= 15 is 0 Å². The molecule has 0 spiro atoms. The van der Waals surface area contributed by atoms with Gasteiger partial charge in [0, 0.05) is 27.4 Å². The van der Waals surface area contributed by atoms with Gasteiger partial charge >= 0.3 is 5.97 Å². The van der Waals surface area contributed by atoms with Crippen molar-refractivity contribution in [2.45, 2.75) is 6.92 Å². The van der Waals surface area contributed by atoms with Crippen molar-refractivity contribution in [1.29, 1.82) is 0 Å². The topological polar surface area (TPSA) is 47.6 Å². The van der Waals surface area contributed by atoms with Crippen LogP contribution < -0.4 is 20.5 Å². The summed E-state index contributed by atoms with van der Waals surface area (Å²) in [5.41, 5.74) is 4.37. The number of hydrogen-bond acceptors (Lipinski definition) is 4. The first-order valence-corrected chi connectivity index (χ1v) is 7.36. The summed E-state index contributed by atoms with van der Waals surface area (Å²) in [4.78, 5) is 12.1. The minimum absolute atomic E-state index is 0.367. The minimum Gasteiger partial charge on any atom is -0.465 e. The zero-order chi connectivity index (χ0) is 16.0. The molecule has 4 nitrogen and oxygen atoms in total. The van der Waals surface area contributed by atoms with E-state index < -0.39 is 0 Å². The molecule has 2 heterocycles. The zero-order valence-corrected chi connectivity index (χ0v) is 12.8. The predicted molar refractivity (Wildman–Crippen MR) is 89.4 cm³/mol. The van der Waals surface area contributed by atoms with E-state index in [0.717, 1.165) is 32.9 Å². The summed E-state index contributed by atoms with van der Waals surface area (Å²) in [7, 11) is 1.39. The van der Waals surface area contributed by atoms with Gasteiger partial charge in [0.2, 0.25) is 0 Å². The van der Waals surface area contributed by atoms with Gasteiger partial charge in [0.05, 0.1) is 18.9 Å². The maximum absolute atomic E-state index is 12.1. The van der Waals surface area contributed by atoms with Crippen molar-refractivity contribution in [2.75, 3.05) is 12.4 Å². The maximum Gasteiger partial charge on any atom is 0.338 e. The lowest BCUT2D eigenvalue weighted by Crippen LogP contribution is -2.33. The summed E-state index contributed by atoms with van der Waals surface area (Å²) < 4.78 is 10.7. The van der Waals surface area contributed by atoms with E-state index in [9.17, 15) is 4.79 Å². The number of esters is 1. The first kappa shape index (κ1) is 13.6. The van der Waals surface area contributed by atoms with Gasteiger partial charge in [-0.1, -0.05) is 18.2 Å². The number of benzene rings is 2. The lowest BCUT2D eigenvalue weighted by molar-refractivity contribution is 0.0601. The summed E-state index contributed by atoms with van der Waals surface area (Å²) in [6.07, 6.45) is 5.83. The number of fused-ring (bicyclic) bond motifs is 5. The van der Waals surface area contributed by atoms with Crippen molar-refractivity contribution in [3.8, 4) is 16.9 Å². The number of nitrogens with one attached hydrogen (secondary N) is 1. The van der Waals surface area contributed by atoms with Gasteiger partial charge in [0.25, 0.3) is 0 Å². The highest BCUT2D eigenvalue weighted by Crippen LogP contribution is 2.34. The Morgan fingerprint density at radius 1 is 1.13 bits per heavy atom. The quantitative estimate of drug-likeness (QED) is 0.822. The van der Waals surface area contributed by atoms with Crippen LogP contribution in [0.15, 0.2) is 42.1 Å².